The quantitative estimate of drug-likeness (QED) is 0.661. The molecule has 1 aromatic heterocycles. The molecule has 0 aliphatic carbocycles. The van der Waals surface area contributed by atoms with Gasteiger partial charge in [0.05, 0.1) is 6.10 Å². The first kappa shape index (κ1) is 18.2. The zero-order chi connectivity index (χ0) is 18.4. The number of amides is 1. The molecule has 4 nitrogen and oxygen atoms in total. The van der Waals surface area contributed by atoms with Crippen LogP contribution in [0.4, 0.5) is 0 Å². The third kappa shape index (κ3) is 4.71. The number of rotatable bonds is 7. The summed E-state index contributed by atoms with van der Waals surface area (Å²) in [6.07, 6.45) is -0.596. The maximum Gasteiger partial charge on any atom is 0.265 e. The van der Waals surface area contributed by atoms with Crippen LogP contribution in [0.25, 0.3) is 10.4 Å². The van der Waals surface area contributed by atoms with Crippen LogP contribution in [0.15, 0.2) is 66.7 Å². The van der Waals surface area contributed by atoms with Gasteiger partial charge in [0.15, 0.2) is 0 Å². The molecule has 0 radical (unpaired) electrons. The lowest BCUT2D eigenvalue weighted by Gasteiger charge is -2.09. The average Bonchev–Trinajstić information content (AvgIpc) is 3.10. The van der Waals surface area contributed by atoms with E-state index in [1.807, 2.05) is 66.7 Å². The Bertz CT molecular complexity index is 844. The molecule has 1 amide bonds. The number of hydrogen-bond acceptors (Lipinski definition) is 4. The van der Waals surface area contributed by atoms with Crippen LogP contribution in [0.1, 0.15) is 22.2 Å². The summed E-state index contributed by atoms with van der Waals surface area (Å²) in [5, 5.41) is 12.2. The van der Waals surface area contributed by atoms with E-state index >= 15 is 0 Å². The van der Waals surface area contributed by atoms with Crippen LogP contribution < -0.4 is 10.1 Å². The molecule has 0 aliphatic heterocycles. The van der Waals surface area contributed by atoms with Gasteiger partial charge < -0.3 is 15.2 Å². The predicted molar refractivity (Wildman–Crippen MR) is 105 cm³/mol. The summed E-state index contributed by atoms with van der Waals surface area (Å²) < 4.78 is 5.94. The molecule has 0 saturated heterocycles. The summed E-state index contributed by atoms with van der Waals surface area (Å²) in [6, 6.07) is 21.6. The number of thiophene rings is 1. The summed E-state index contributed by atoms with van der Waals surface area (Å²) in [7, 11) is 0. The molecule has 0 aliphatic rings. The van der Waals surface area contributed by atoms with E-state index < -0.39 is 6.10 Å². The van der Waals surface area contributed by atoms with Crippen LogP contribution in [0, 0.1) is 0 Å². The van der Waals surface area contributed by atoms with Crippen molar-refractivity contribution in [2.45, 2.75) is 19.6 Å². The Morgan fingerprint density at radius 1 is 1.12 bits per heavy atom. The highest BCUT2D eigenvalue weighted by molar-refractivity contribution is 7.17. The van der Waals surface area contributed by atoms with Crippen LogP contribution >= 0.6 is 11.3 Å². The summed E-state index contributed by atoms with van der Waals surface area (Å²) >= 11 is 1.39. The fourth-order valence-corrected chi connectivity index (χ4v) is 3.46. The van der Waals surface area contributed by atoms with E-state index in [1.165, 1.54) is 11.3 Å². The Morgan fingerprint density at radius 3 is 2.42 bits per heavy atom. The monoisotopic (exact) mass is 367 g/mol. The molecule has 3 aromatic rings. The summed E-state index contributed by atoms with van der Waals surface area (Å²) in [5.74, 6) is 0.321. The first-order valence-corrected chi connectivity index (χ1v) is 9.27. The minimum absolute atomic E-state index is 0.204. The molecule has 3 rings (SSSR count). The standard InChI is InChI=1S/C21H21NO3S/c1-15(23)13-22-21(24)20-18(25-14-16-8-4-2-5-9-16)12-19(26-20)17-10-6-3-7-11-17/h2-12,15,23H,13-14H2,1H3,(H,22,24). The van der Waals surface area contributed by atoms with E-state index in [-0.39, 0.29) is 12.5 Å². The van der Waals surface area contributed by atoms with E-state index in [2.05, 4.69) is 5.32 Å². The van der Waals surface area contributed by atoms with Gasteiger partial charge in [0.2, 0.25) is 0 Å². The highest BCUT2D eigenvalue weighted by Gasteiger charge is 2.19. The van der Waals surface area contributed by atoms with Crippen molar-refractivity contribution in [1.29, 1.82) is 0 Å². The smallest absolute Gasteiger partial charge is 0.265 e. The molecule has 5 heteroatoms. The summed E-state index contributed by atoms with van der Waals surface area (Å²) in [4.78, 5) is 14.0. The normalized spacial score (nSPS) is 11.8. The number of aliphatic hydroxyl groups excluding tert-OH is 1. The Labute approximate surface area is 157 Å². The lowest BCUT2D eigenvalue weighted by Crippen LogP contribution is -2.30. The van der Waals surface area contributed by atoms with Crippen molar-refractivity contribution in [3.63, 3.8) is 0 Å². The van der Waals surface area contributed by atoms with Crippen molar-refractivity contribution in [2.24, 2.45) is 0 Å². The first-order chi connectivity index (χ1) is 12.6. The van der Waals surface area contributed by atoms with Crippen LogP contribution in [-0.2, 0) is 6.61 Å². The maximum atomic E-state index is 12.5. The molecule has 0 bridgehead atoms. The zero-order valence-electron chi connectivity index (χ0n) is 14.5. The van der Waals surface area contributed by atoms with E-state index in [1.54, 1.807) is 6.92 Å². The van der Waals surface area contributed by atoms with Crippen molar-refractivity contribution in [2.75, 3.05) is 6.54 Å². The van der Waals surface area contributed by atoms with Gasteiger partial charge in [-0.1, -0.05) is 60.7 Å². The molecule has 26 heavy (non-hydrogen) atoms. The lowest BCUT2D eigenvalue weighted by atomic mass is 10.2. The van der Waals surface area contributed by atoms with E-state index in [4.69, 9.17) is 4.74 Å². The van der Waals surface area contributed by atoms with Gasteiger partial charge >= 0.3 is 0 Å². The van der Waals surface area contributed by atoms with Gasteiger partial charge in [0, 0.05) is 11.4 Å². The van der Waals surface area contributed by atoms with E-state index in [0.29, 0.717) is 17.2 Å². The summed E-state index contributed by atoms with van der Waals surface area (Å²) in [5.41, 5.74) is 2.08. The van der Waals surface area contributed by atoms with Crippen molar-refractivity contribution in [3.8, 4) is 16.2 Å². The van der Waals surface area contributed by atoms with Gasteiger partial charge in [0.25, 0.3) is 5.91 Å². The highest BCUT2D eigenvalue weighted by atomic mass is 32.1. The van der Waals surface area contributed by atoms with Gasteiger partial charge in [-0.2, -0.15) is 0 Å². The molecule has 2 aromatic carbocycles. The number of benzene rings is 2. The third-order valence-electron chi connectivity index (χ3n) is 3.76. The third-order valence-corrected chi connectivity index (χ3v) is 4.92. The SMILES string of the molecule is CC(O)CNC(=O)c1sc(-c2ccccc2)cc1OCc1ccccc1. The second-order valence-corrected chi connectivity index (χ2v) is 7.06. The minimum atomic E-state index is -0.596. The largest absolute Gasteiger partial charge is 0.487 e. The Hall–Kier alpha value is -2.63. The Balaban J connectivity index is 1.84. The Morgan fingerprint density at radius 2 is 1.77 bits per heavy atom. The van der Waals surface area contributed by atoms with Crippen LogP contribution in [0.5, 0.6) is 5.75 Å². The fourth-order valence-electron chi connectivity index (χ4n) is 2.44. The molecule has 0 fully saturated rings. The van der Waals surface area contributed by atoms with Crippen molar-refractivity contribution in [3.05, 3.63) is 77.2 Å². The van der Waals surface area contributed by atoms with Crippen LogP contribution in [0.3, 0.4) is 0 Å². The van der Waals surface area contributed by atoms with Gasteiger partial charge in [-0.05, 0) is 24.1 Å². The molecule has 1 heterocycles. The molecule has 2 N–H and O–H groups in total. The zero-order valence-corrected chi connectivity index (χ0v) is 15.3. The molecule has 0 saturated carbocycles. The van der Waals surface area contributed by atoms with Crippen LogP contribution in [0.2, 0.25) is 0 Å². The second kappa shape index (κ2) is 8.65. The van der Waals surface area contributed by atoms with Gasteiger partial charge in [0.1, 0.15) is 17.2 Å². The van der Waals surface area contributed by atoms with Crippen molar-refractivity contribution >= 4 is 17.2 Å². The van der Waals surface area contributed by atoms with Gasteiger partial charge in [-0.15, -0.1) is 11.3 Å². The van der Waals surface area contributed by atoms with E-state index in [9.17, 15) is 9.90 Å². The highest BCUT2D eigenvalue weighted by Crippen LogP contribution is 2.36. The number of carbonyl (C=O) groups excluding carboxylic acids is 1. The molecule has 134 valence electrons. The number of ether oxygens (including phenoxy) is 1. The van der Waals surface area contributed by atoms with Gasteiger partial charge in [-0.25, -0.2) is 0 Å². The fraction of sp³-hybridized carbons (Fsp3) is 0.190. The topological polar surface area (TPSA) is 58.6 Å². The lowest BCUT2D eigenvalue weighted by molar-refractivity contribution is 0.0924. The number of aliphatic hydroxyl groups is 1. The number of carbonyl (C=O) groups is 1. The predicted octanol–water partition coefficient (Wildman–Crippen LogP) is 4.10. The molecular formula is C21H21NO3S. The maximum absolute atomic E-state index is 12.5. The molecule has 1 atom stereocenters. The second-order valence-electron chi connectivity index (χ2n) is 6.00. The minimum Gasteiger partial charge on any atom is -0.487 e. The number of hydrogen-bond donors (Lipinski definition) is 2. The number of nitrogens with one attached hydrogen (secondary N) is 1. The van der Waals surface area contributed by atoms with Crippen molar-refractivity contribution in [1.82, 2.24) is 5.32 Å². The van der Waals surface area contributed by atoms with E-state index in [0.717, 1.165) is 16.0 Å². The average molecular weight is 367 g/mol. The Kier molecular flexibility index (Phi) is 6.04. The van der Waals surface area contributed by atoms with Gasteiger partial charge in [-0.3, -0.25) is 4.79 Å². The first-order valence-electron chi connectivity index (χ1n) is 8.45. The molecule has 0 spiro atoms. The van der Waals surface area contributed by atoms with Crippen LogP contribution in [-0.4, -0.2) is 23.7 Å². The van der Waals surface area contributed by atoms with Crippen molar-refractivity contribution < 1.29 is 14.6 Å². The summed E-state index contributed by atoms with van der Waals surface area (Å²) in [6.45, 7) is 2.23. The molecular weight excluding hydrogens is 346 g/mol. The molecule has 1 unspecified atom stereocenters.